The van der Waals surface area contributed by atoms with E-state index in [1.807, 2.05) is 0 Å². The fourth-order valence-electron chi connectivity index (χ4n) is 1.23. The van der Waals surface area contributed by atoms with Gasteiger partial charge in [-0.05, 0) is 12.1 Å². The first-order valence-electron chi connectivity index (χ1n) is 5.38. The summed E-state index contributed by atoms with van der Waals surface area (Å²) >= 11 is 0. The van der Waals surface area contributed by atoms with E-state index in [1.54, 1.807) is 6.07 Å². The van der Waals surface area contributed by atoms with Crippen LogP contribution in [0.5, 0.6) is 0 Å². The summed E-state index contributed by atoms with van der Waals surface area (Å²) in [5.41, 5.74) is 0. The molecule has 1 unspecified atom stereocenters. The van der Waals surface area contributed by atoms with E-state index < -0.39 is 30.4 Å². The third-order valence-corrected chi connectivity index (χ3v) is 2.24. The Hall–Kier alpha value is -2.35. The Morgan fingerprint density at radius 2 is 2.16 bits per heavy atom. The molecule has 3 N–H and O–H groups in total. The van der Waals surface area contributed by atoms with Crippen LogP contribution < -0.4 is 5.32 Å². The molecular formula is C11H14N2O6. The van der Waals surface area contributed by atoms with Crippen LogP contribution in [0.4, 0.5) is 0 Å². The van der Waals surface area contributed by atoms with E-state index in [-0.39, 0.29) is 12.3 Å². The summed E-state index contributed by atoms with van der Waals surface area (Å²) in [7, 11) is 1.40. The Morgan fingerprint density at radius 1 is 1.47 bits per heavy atom. The number of rotatable bonds is 6. The highest BCUT2D eigenvalue weighted by Crippen LogP contribution is 2.03. The first-order valence-corrected chi connectivity index (χ1v) is 5.38. The summed E-state index contributed by atoms with van der Waals surface area (Å²) < 4.78 is 4.89. The molecule has 104 valence electrons. The number of hydrogen-bond acceptors (Lipinski definition) is 5. The Bertz CT molecular complexity index is 456. The Morgan fingerprint density at radius 3 is 2.68 bits per heavy atom. The maximum atomic E-state index is 11.7. The maximum absolute atomic E-state index is 11.7. The molecule has 0 spiro atoms. The summed E-state index contributed by atoms with van der Waals surface area (Å²) in [5.74, 6) is -2.39. The predicted molar refractivity (Wildman–Crippen MR) is 62.3 cm³/mol. The smallest absolute Gasteiger partial charge is 0.334 e. The van der Waals surface area contributed by atoms with Crippen LogP contribution in [-0.4, -0.2) is 59.1 Å². The molecule has 19 heavy (non-hydrogen) atoms. The highest BCUT2D eigenvalue weighted by Gasteiger charge is 2.18. The topological polar surface area (TPSA) is 120 Å². The van der Waals surface area contributed by atoms with Crippen LogP contribution in [0.2, 0.25) is 0 Å². The lowest BCUT2D eigenvalue weighted by atomic mass is 10.3. The van der Waals surface area contributed by atoms with Crippen molar-refractivity contribution in [2.24, 2.45) is 0 Å². The second-order valence-electron chi connectivity index (χ2n) is 3.80. The van der Waals surface area contributed by atoms with Gasteiger partial charge in [0.25, 0.3) is 5.91 Å². The first kappa shape index (κ1) is 14.7. The Labute approximate surface area is 108 Å². The van der Waals surface area contributed by atoms with Gasteiger partial charge in [-0.25, -0.2) is 4.79 Å². The number of carboxylic acids is 1. The zero-order valence-electron chi connectivity index (χ0n) is 10.2. The summed E-state index contributed by atoms with van der Waals surface area (Å²) in [6, 6.07) is 3.01. The van der Waals surface area contributed by atoms with Crippen molar-refractivity contribution in [2.45, 2.75) is 6.10 Å². The highest BCUT2D eigenvalue weighted by molar-refractivity contribution is 5.94. The van der Waals surface area contributed by atoms with Crippen LogP contribution in [0.3, 0.4) is 0 Å². The minimum atomic E-state index is -1.67. The van der Waals surface area contributed by atoms with Gasteiger partial charge in [0.2, 0.25) is 5.91 Å². The molecule has 0 bridgehead atoms. The summed E-state index contributed by atoms with van der Waals surface area (Å²) in [6.45, 7) is -0.692. The SMILES string of the molecule is CN(CC(=O)NCC(O)C(=O)O)C(=O)c1ccco1. The number of hydrogen-bond donors (Lipinski definition) is 3. The number of likely N-dealkylation sites (N-methyl/N-ethyl adjacent to an activating group) is 1. The summed E-state index contributed by atoms with van der Waals surface area (Å²) in [5, 5.41) is 19.6. The van der Waals surface area contributed by atoms with Gasteiger partial charge in [-0.1, -0.05) is 0 Å². The molecule has 2 amide bonds. The lowest BCUT2D eigenvalue weighted by molar-refractivity contribution is -0.146. The van der Waals surface area contributed by atoms with Crippen molar-refractivity contribution in [3.8, 4) is 0 Å². The van der Waals surface area contributed by atoms with E-state index in [0.717, 1.165) is 4.90 Å². The van der Waals surface area contributed by atoms with E-state index in [1.165, 1.54) is 19.4 Å². The van der Waals surface area contributed by atoms with E-state index in [4.69, 9.17) is 14.6 Å². The average molecular weight is 270 g/mol. The van der Waals surface area contributed by atoms with Gasteiger partial charge in [0.15, 0.2) is 11.9 Å². The molecular weight excluding hydrogens is 256 g/mol. The van der Waals surface area contributed by atoms with Crippen molar-refractivity contribution < 1.29 is 29.0 Å². The lowest BCUT2D eigenvalue weighted by Gasteiger charge is -2.15. The van der Waals surface area contributed by atoms with E-state index in [9.17, 15) is 14.4 Å². The first-order chi connectivity index (χ1) is 8.91. The lowest BCUT2D eigenvalue weighted by Crippen LogP contribution is -2.42. The predicted octanol–water partition coefficient (Wildman–Crippen LogP) is -1.09. The van der Waals surface area contributed by atoms with Crippen LogP contribution >= 0.6 is 0 Å². The third kappa shape index (κ3) is 4.43. The van der Waals surface area contributed by atoms with Gasteiger partial charge in [-0.15, -0.1) is 0 Å². The number of carboxylic acid groups (broad SMARTS) is 1. The molecule has 0 saturated heterocycles. The van der Waals surface area contributed by atoms with Gasteiger partial charge >= 0.3 is 5.97 Å². The van der Waals surface area contributed by atoms with Crippen LogP contribution in [0, 0.1) is 0 Å². The highest BCUT2D eigenvalue weighted by atomic mass is 16.4. The Balaban J connectivity index is 2.40. The van der Waals surface area contributed by atoms with Crippen molar-refractivity contribution in [1.29, 1.82) is 0 Å². The van der Waals surface area contributed by atoms with Gasteiger partial charge in [0, 0.05) is 7.05 Å². The van der Waals surface area contributed by atoms with Crippen molar-refractivity contribution in [2.75, 3.05) is 20.1 Å². The van der Waals surface area contributed by atoms with Crippen LogP contribution in [0.15, 0.2) is 22.8 Å². The second-order valence-corrected chi connectivity index (χ2v) is 3.80. The second kappa shape index (κ2) is 6.55. The molecule has 8 heteroatoms. The molecule has 0 radical (unpaired) electrons. The summed E-state index contributed by atoms with van der Waals surface area (Å²) in [4.78, 5) is 34.5. The van der Waals surface area contributed by atoms with Crippen molar-refractivity contribution in [3.63, 3.8) is 0 Å². The van der Waals surface area contributed by atoms with Gasteiger partial charge in [-0.3, -0.25) is 9.59 Å². The normalized spacial score (nSPS) is 11.7. The van der Waals surface area contributed by atoms with E-state index in [2.05, 4.69) is 5.32 Å². The van der Waals surface area contributed by atoms with Crippen LogP contribution in [0.1, 0.15) is 10.6 Å². The average Bonchev–Trinajstić information content (AvgIpc) is 2.88. The number of furan rings is 1. The molecule has 1 rings (SSSR count). The largest absolute Gasteiger partial charge is 0.479 e. The molecule has 8 nitrogen and oxygen atoms in total. The van der Waals surface area contributed by atoms with Crippen LogP contribution in [0.25, 0.3) is 0 Å². The van der Waals surface area contributed by atoms with Crippen molar-refractivity contribution >= 4 is 17.8 Å². The van der Waals surface area contributed by atoms with Gasteiger partial charge in [0.1, 0.15) is 0 Å². The molecule has 0 aliphatic carbocycles. The molecule has 0 fully saturated rings. The van der Waals surface area contributed by atoms with Gasteiger partial charge < -0.3 is 24.8 Å². The third-order valence-electron chi connectivity index (χ3n) is 2.24. The molecule has 0 saturated carbocycles. The van der Waals surface area contributed by atoms with E-state index in [0.29, 0.717) is 0 Å². The molecule has 0 aliphatic heterocycles. The zero-order chi connectivity index (χ0) is 14.4. The van der Waals surface area contributed by atoms with Crippen molar-refractivity contribution in [3.05, 3.63) is 24.2 Å². The van der Waals surface area contributed by atoms with Crippen LogP contribution in [-0.2, 0) is 9.59 Å². The van der Waals surface area contributed by atoms with Gasteiger partial charge in [0.05, 0.1) is 19.4 Å². The molecule has 0 aliphatic rings. The number of aliphatic hydroxyl groups excluding tert-OH is 1. The molecule has 1 aromatic heterocycles. The van der Waals surface area contributed by atoms with Crippen molar-refractivity contribution in [1.82, 2.24) is 10.2 Å². The number of aliphatic hydroxyl groups is 1. The quantitative estimate of drug-likeness (QED) is 0.604. The Kier molecular flexibility index (Phi) is 5.07. The number of carbonyl (C=O) groups excluding carboxylic acids is 2. The molecule has 1 aromatic rings. The van der Waals surface area contributed by atoms with E-state index >= 15 is 0 Å². The monoisotopic (exact) mass is 270 g/mol. The zero-order valence-corrected chi connectivity index (χ0v) is 10.2. The fourth-order valence-corrected chi connectivity index (χ4v) is 1.23. The minimum absolute atomic E-state index is 0.0980. The molecule has 0 aromatic carbocycles. The maximum Gasteiger partial charge on any atom is 0.334 e. The molecule has 1 atom stereocenters. The number of carbonyl (C=O) groups is 3. The number of nitrogens with zero attached hydrogens (tertiary/aromatic N) is 1. The number of amides is 2. The fraction of sp³-hybridized carbons (Fsp3) is 0.364. The summed E-state index contributed by atoms with van der Waals surface area (Å²) in [6.07, 6.45) is -0.334. The number of nitrogens with one attached hydrogen (secondary N) is 1. The van der Waals surface area contributed by atoms with Gasteiger partial charge in [-0.2, -0.15) is 0 Å². The minimum Gasteiger partial charge on any atom is -0.479 e. The number of aliphatic carboxylic acids is 1. The standard InChI is InChI=1S/C11H14N2O6/c1-13(10(16)8-3-2-4-19-8)6-9(15)12-5-7(14)11(17)18/h2-4,7,14H,5-6H2,1H3,(H,12,15)(H,17,18). The molecule has 1 heterocycles.